The second-order valence-electron chi connectivity index (χ2n) is 4.09. The van der Waals surface area contributed by atoms with E-state index in [0.29, 0.717) is 5.56 Å². The maximum Gasteiger partial charge on any atom is 0.379 e. The zero-order valence-electron chi connectivity index (χ0n) is 8.62. The molecule has 2 rings (SSSR count). The van der Waals surface area contributed by atoms with Gasteiger partial charge < -0.3 is 5.11 Å². The molecule has 86 valence electrons. The van der Waals surface area contributed by atoms with Crippen LogP contribution in [0.4, 0.5) is 8.78 Å². The van der Waals surface area contributed by atoms with Crippen molar-refractivity contribution in [3.05, 3.63) is 35.4 Å². The molecule has 0 aromatic heterocycles. The first-order valence-corrected chi connectivity index (χ1v) is 5.24. The van der Waals surface area contributed by atoms with E-state index in [2.05, 4.69) is 0 Å². The summed E-state index contributed by atoms with van der Waals surface area (Å²) in [6.07, 6.45) is 2.76. The molecule has 0 unspecified atom stereocenters. The van der Waals surface area contributed by atoms with Gasteiger partial charge in [-0.25, -0.2) is 4.79 Å². The molecule has 0 heterocycles. The highest BCUT2D eigenvalue weighted by Crippen LogP contribution is 2.42. The third kappa shape index (κ3) is 1.68. The van der Waals surface area contributed by atoms with Crippen molar-refractivity contribution in [3.63, 3.8) is 0 Å². The fraction of sp³-hybridized carbons (Fsp3) is 0.417. The minimum absolute atomic E-state index is 0.0985. The molecule has 1 aromatic rings. The van der Waals surface area contributed by atoms with Crippen molar-refractivity contribution in [2.45, 2.75) is 31.1 Å². The Morgan fingerprint density at radius 2 is 1.94 bits per heavy atom. The summed E-state index contributed by atoms with van der Waals surface area (Å²) >= 11 is 0. The van der Waals surface area contributed by atoms with Crippen LogP contribution in [0.15, 0.2) is 24.3 Å². The van der Waals surface area contributed by atoms with Gasteiger partial charge in [-0.2, -0.15) is 8.78 Å². The maximum atomic E-state index is 13.5. The van der Waals surface area contributed by atoms with Gasteiger partial charge in [-0.05, 0) is 24.3 Å². The van der Waals surface area contributed by atoms with Gasteiger partial charge in [0.05, 0.1) is 0 Å². The molecule has 0 atom stereocenters. The number of hydrogen-bond acceptors (Lipinski definition) is 1. The number of carbonyl (C=O) groups is 1. The van der Waals surface area contributed by atoms with Crippen molar-refractivity contribution >= 4 is 5.97 Å². The van der Waals surface area contributed by atoms with Crippen LogP contribution in [-0.4, -0.2) is 11.1 Å². The van der Waals surface area contributed by atoms with Crippen LogP contribution in [0.3, 0.4) is 0 Å². The monoisotopic (exact) mass is 226 g/mol. The van der Waals surface area contributed by atoms with Crippen LogP contribution in [0.2, 0.25) is 0 Å². The summed E-state index contributed by atoms with van der Waals surface area (Å²) in [6, 6.07) is 5.95. The molecule has 0 spiro atoms. The van der Waals surface area contributed by atoms with Gasteiger partial charge in [-0.1, -0.05) is 30.7 Å². The van der Waals surface area contributed by atoms with Gasteiger partial charge in [0.1, 0.15) is 0 Å². The van der Waals surface area contributed by atoms with Crippen molar-refractivity contribution in [1.82, 2.24) is 0 Å². The van der Waals surface area contributed by atoms with Gasteiger partial charge in [0.15, 0.2) is 0 Å². The minimum Gasteiger partial charge on any atom is -0.477 e. The second kappa shape index (κ2) is 3.85. The van der Waals surface area contributed by atoms with Crippen molar-refractivity contribution in [1.29, 1.82) is 0 Å². The molecule has 1 aliphatic carbocycles. The molecule has 2 nitrogen and oxygen atoms in total. The largest absolute Gasteiger partial charge is 0.477 e. The summed E-state index contributed by atoms with van der Waals surface area (Å²) in [5.41, 5.74) is 0.133. The van der Waals surface area contributed by atoms with E-state index in [9.17, 15) is 13.6 Å². The Bertz CT molecular complexity index is 411. The lowest BCUT2D eigenvalue weighted by molar-refractivity contribution is -0.166. The predicted octanol–water partition coefficient (Wildman–Crippen LogP) is 3.13. The molecule has 0 amide bonds. The Labute approximate surface area is 91.9 Å². The first-order chi connectivity index (χ1) is 7.53. The number of halogens is 2. The normalized spacial score (nSPS) is 16.9. The van der Waals surface area contributed by atoms with E-state index in [4.69, 9.17) is 5.11 Å². The quantitative estimate of drug-likeness (QED) is 0.859. The molecule has 0 radical (unpaired) electrons. The molecule has 1 aliphatic rings. The van der Waals surface area contributed by atoms with E-state index in [1.165, 1.54) is 12.1 Å². The Morgan fingerprint density at radius 3 is 2.44 bits per heavy atom. The Morgan fingerprint density at radius 1 is 1.31 bits per heavy atom. The van der Waals surface area contributed by atoms with Crippen LogP contribution in [0.1, 0.15) is 36.3 Å². The first kappa shape index (κ1) is 11.0. The number of carboxylic acids is 1. The number of aliphatic carboxylic acids is 1. The van der Waals surface area contributed by atoms with Crippen LogP contribution < -0.4 is 0 Å². The van der Waals surface area contributed by atoms with Crippen LogP contribution in [0, 0.1) is 0 Å². The lowest BCUT2D eigenvalue weighted by Crippen LogP contribution is -2.28. The lowest BCUT2D eigenvalue weighted by Gasteiger charge is -2.29. The number of carboxylic acid groups (broad SMARTS) is 1. The van der Waals surface area contributed by atoms with E-state index in [0.717, 1.165) is 19.3 Å². The summed E-state index contributed by atoms with van der Waals surface area (Å²) in [4.78, 5) is 10.6. The number of hydrogen-bond donors (Lipinski definition) is 1. The molecule has 1 aromatic carbocycles. The highest BCUT2D eigenvalue weighted by molar-refractivity contribution is 5.78. The molecular formula is C12H12F2O2. The zero-order chi connectivity index (χ0) is 11.8. The summed E-state index contributed by atoms with van der Waals surface area (Å²) in [6.45, 7) is 0. The molecule has 16 heavy (non-hydrogen) atoms. The Hall–Kier alpha value is -1.45. The van der Waals surface area contributed by atoms with Crippen LogP contribution in [0.25, 0.3) is 0 Å². The van der Waals surface area contributed by atoms with Gasteiger partial charge in [0, 0.05) is 5.56 Å². The van der Waals surface area contributed by atoms with Gasteiger partial charge >= 0.3 is 11.9 Å². The SMILES string of the molecule is O=C(O)C(F)(F)c1ccccc1C1CCC1. The van der Waals surface area contributed by atoms with E-state index in [1.54, 1.807) is 12.1 Å². The molecule has 1 fully saturated rings. The van der Waals surface area contributed by atoms with E-state index < -0.39 is 11.9 Å². The van der Waals surface area contributed by atoms with Crippen LogP contribution in [0.5, 0.6) is 0 Å². The molecule has 0 bridgehead atoms. The fourth-order valence-electron chi connectivity index (χ4n) is 1.97. The smallest absolute Gasteiger partial charge is 0.379 e. The topological polar surface area (TPSA) is 37.3 Å². The van der Waals surface area contributed by atoms with E-state index in [1.807, 2.05) is 0 Å². The molecule has 4 heteroatoms. The summed E-state index contributed by atoms with van der Waals surface area (Å²) < 4.78 is 26.9. The Balaban J connectivity index is 2.43. The predicted molar refractivity (Wildman–Crippen MR) is 54.6 cm³/mol. The number of alkyl halides is 2. The second-order valence-corrected chi connectivity index (χ2v) is 4.09. The van der Waals surface area contributed by atoms with Crippen molar-refractivity contribution < 1.29 is 18.7 Å². The first-order valence-electron chi connectivity index (χ1n) is 5.24. The third-order valence-corrected chi connectivity index (χ3v) is 3.11. The summed E-state index contributed by atoms with van der Waals surface area (Å²) in [7, 11) is 0. The third-order valence-electron chi connectivity index (χ3n) is 3.11. The summed E-state index contributed by atoms with van der Waals surface area (Å²) in [5.74, 6) is -5.77. The fourth-order valence-corrected chi connectivity index (χ4v) is 1.97. The van der Waals surface area contributed by atoms with Crippen molar-refractivity contribution in [2.24, 2.45) is 0 Å². The van der Waals surface area contributed by atoms with Gasteiger partial charge in [-0.3, -0.25) is 0 Å². The van der Waals surface area contributed by atoms with Gasteiger partial charge in [0.2, 0.25) is 0 Å². The van der Waals surface area contributed by atoms with E-state index in [-0.39, 0.29) is 11.5 Å². The standard InChI is InChI=1S/C12H12F2O2/c13-12(14,11(15)16)10-7-2-1-6-9(10)8-4-3-5-8/h1-2,6-8H,3-5H2,(H,15,16). The average Bonchev–Trinajstić information content (AvgIpc) is 2.15. The lowest BCUT2D eigenvalue weighted by atomic mass is 9.77. The van der Waals surface area contributed by atoms with Crippen LogP contribution >= 0.6 is 0 Å². The minimum atomic E-state index is -3.79. The maximum absolute atomic E-state index is 13.5. The van der Waals surface area contributed by atoms with Crippen LogP contribution in [-0.2, 0) is 10.7 Å². The summed E-state index contributed by atoms with van der Waals surface area (Å²) in [5, 5.41) is 8.54. The van der Waals surface area contributed by atoms with Gasteiger partial charge in [-0.15, -0.1) is 0 Å². The molecule has 1 N–H and O–H groups in total. The van der Waals surface area contributed by atoms with Crippen molar-refractivity contribution in [2.75, 3.05) is 0 Å². The number of benzene rings is 1. The molecule has 0 saturated heterocycles. The highest BCUT2D eigenvalue weighted by atomic mass is 19.3. The average molecular weight is 226 g/mol. The molecular weight excluding hydrogens is 214 g/mol. The molecule has 1 saturated carbocycles. The van der Waals surface area contributed by atoms with Gasteiger partial charge in [0.25, 0.3) is 0 Å². The van der Waals surface area contributed by atoms with Crippen molar-refractivity contribution in [3.8, 4) is 0 Å². The van der Waals surface area contributed by atoms with E-state index >= 15 is 0 Å². The number of rotatable bonds is 3. The molecule has 0 aliphatic heterocycles. The Kier molecular flexibility index (Phi) is 2.66. The highest BCUT2D eigenvalue weighted by Gasteiger charge is 2.43. The zero-order valence-corrected chi connectivity index (χ0v) is 8.62.